The molecule has 0 bridgehead atoms. The van der Waals surface area contributed by atoms with Gasteiger partial charge >= 0.3 is 0 Å². The molecule has 1 heteroatoms. The summed E-state index contributed by atoms with van der Waals surface area (Å²) in [5, 5.41) is 0.815. The minimum Gasteiger partial charge on any atom is -0.0837 e. The van der Waals surface area contributed by atoms with Crippen LogP contribution in [0.1, 0.15) is 25.3 Å². The zero-order chi connectivity index (χ0) is 11.5. The van der Waals surface area contributed by atoms with Gasteiger partial charge in [0.05, 0.1) is 0 Å². The van der Waals surface area contributed by atoms with Crippen LogP contribution in [0.4, 0.5) is 0 Å². The summed E-state index contributed by atoms with van der Waals surface area (Å²) in [6, 6.07) is 16.5. The van der Waals surface area contributed by atoms with Crippen LogP contribution in [0.2, 0.25) is 5.02 Å². The van der Waals surface area contributed by atoms with Crippen LogP contribution in [0.25, 0.3) is 11.1 Å². The molecule has 82 valence electrons. The molecule has 0 nitrogen and oxygen atoms in total. The van der Waals surface area contributed by atoms with Gasteiger partial charge in [-0.3, -0.25) is 0 Å². The fourth-order valence-corrected chi connectivity index (χ4v) is 1.97. The highest BCUT2D eigenvalue weighted by atomic mass is 35.5. The van der Waals surface area contributed by atoms with Crippen molar-refractivity contribution in [3.05, 3.63) is 59.1 Å². The summed E-state index contributed by atoms with van der Waals surface area (Å²) >= 11 is 6.24. The fraction of sp³-hybridized carbons (Fsp3) is 0.200. The molecule has 0 spiro atoms. The maximum absolute atomic E-state index is 6.24. The standard InChI is InChI=1S/C15H15Cl/c1-11(2)13-8-9-15(16)14(10-13)12-6-4-3-5-7-12/h3-11H,1-2H3. The van der Waals surface area contributed by atoms with Crippen molar-refractivity contribution >= 4 is 11.6 Å². The molecule has 0 aromatic heterocycles. The van der Waals surface area contributed by atoms with E-state index >= 15 is 0 Å². The minimum absolute atomic E-state index is 0.528. The monoisotopic (exact) mass is 230 g/mol. The normalized spacial score (nSPS) is 10.8. The zero-order valence-electron chi connectivity index (χ0n) is 9.57. The summed E-state index contributed by atoms with van der Waals surface area (Å²) in [6.07, 6.45) is 0. The predicted octanol–water partition coefficient (Wildman–Crippen LogP) is 5.13. The predicted molar refractivity (Wildman–Crippen MR) is 71.0 cm³/mol. The van der Waals surface area contributed by atoms with Crippen molar-refractivity contribution in [1.82, 2.24) is 0 Å². The van der Waals surface area contributed by atoms with Crippen LogP contribution in [-0.2, 0) is 0 Å². The summed E-state index contributed by atoms with van der Waals surface area (Å²) in [4.78, 5) is 0. The molecule has 2 aromatic carbocycles. The van der Waals surface area contributed by atoms with Gasteiger partial charge in [0, 0.05) is 10.6 Å². The molecule has 0 radical (unpaired) electrons. The van der Waals surface area contributed by atoms with E-state index in [1.54, 1.807) is 0 Å². The number of hydrogen-bond donors (Lipinski definition) is 0. The smallest absolute Gasteiger partial charge is 0.0484 e. The zero-order valence-corrected chi connectivity index (χ0v) is 10.3. The van der Waals surface area contributed by atoms with Gasteiger partial charge in [0.15, 0.2) is 0 Å². The van der Waals surface area contributed by atoms with Crippen LogP contribution in [0.3, 0.4) is 0 Å². The summed E-state index contributed by atoms with van der Waals surface area (Å²) in [5.74, 6) is 0.528. The van der Waals surface area contributed by atoms with E-state index in [2.05, 4.69) is 38.1 Å². The minimum atomic E-state index is 0.528. The lowest BCUT2D eigenvalue weighted by Gasteiger charge is -2.10. The third-order valence-electron chi connectivity index (χ3n) is 2.74. The lowest BCUT2D eigenvalue weighted by Crippen LogP contribution is -1.88. The van der Waals surface area contributed by atoms with Crippen LogP contribution in [-0.4, -0.2) is 0 Å². The third kappa shape index (κ3) is 2.28. The second kappa shape index (κ2) is 4.71. The first kappa shape index (κ1) is 11.2. The SMILES string of the molecule is CC(C)c1ccc(Cl)c(-c2ccccc2)c1. The Morgan fingerprint density at radius 2 is 1.62 bits per heavy atom. The van der Waals surface area contributed by atoms with Gasteiger partial charge in [-0.25, -0.2) is 0 Å². The quantitative estimate of drug-likeness (QED) is 0.671. The summed E-state index contributed by atoms with van der Waals surface area (Å²) < 4.78 is 0. The van der Waals surface area contributed by atoms with Crippen molar-refractivity contribution in [3.63, 3.8) is 0 Å². The molecule has 0 amide bonds. The van der Waals surface area contributed by atoms with Crippen LogP contribution in [0.5, 0.6) is 0 Å². The van der Waals surface area contributed by atoms with Gasteiger partial charge < -0.3 is 0 Å². The number of rotatable bonds is 2. The molecule has 0 aliphatic carbocycles. The van der Waals surface area contributed by atoms with Crippen LogP contribution >= 0.6 is 11.6 Å². The van der Waals surface area contributed by atoms with E-state index in [0.717, 1.165) is 10.6 Å². The average Bonchev–Trinajstić information content (AvgIpc) is 2.30. The van der Waals surface area contributed by atoms with Crippen LogP contribution < -0.4 is 0 Å². The first-order valence-electron chi connectivity index (χ1n) is 5.53. The number of halogens is 1. The molecule has 0 aliphatic heterocycles. The van der Waals surface area contributed by atoms with E-state index in [1.807, 2.05) is 24.3 Å². The average molecular weight is 231 g/mol. The topological polar surface area (TPSA) is 0 Å². The molecule has 0 saturated carbocycles. The molecule has 0 fully saturated rings. The van der Waals surface area contributed by atoms with E-state index in [1.165, 1.54) is 11.1 Å². The Balaban J connectivity index is 2.52. The van der Waals surface area contributed by atoms with Gasteiger partial charge in [-0.15, -0.1) is 0 Å². The molecule has 0 heterocycles. The van der Waals surface area contributed by atoms with E-state index in [4.69, 9.17) is 11.6 Å². The molecule has 2 aromatic rings. The highest BCUT2D eigenvalue weighted by molar-refractivity contribution is 6.33. The van der Waals surface area contributed by atoms with Gasteiger partial charge in [-0.2, -0.15) is 0 Å². The van der Waals surface area contributed by atoms with Crippen LogP contribution in [0.15, 0.2) is 48.5 Å². The molecule has 2 rings (SSSR count). The lowest BCUT2D eigenvalue weighted by molar-refractivity contribution is 0.867. The maximum atomic E-state index is 6.24. The molecule has 0 N–H and O–H groups in total. The first-order valence-corrected chi connectivity index (χ1v) is 5.91. The second-order valence-corrected chi connectivity index (χ2v) is 4.67. The molecular weight excluding hydrogens is 216 g/mol. The molecular formula is C15H15Cl. The molecule has 0 atom stereocenters. The van der Waals surface area contributed by atoms with E-state index in [0.29, 0.717) is 5.92 Å². The third-order valence-corrected chi connectivity index (χ3v) is 3.07. The number of benzene rings is 2. The molecule has 0 aliphatic rings. The largest absolute Gasteiger partial charge is 0.0837 e. The Morgan fingerprint density at radius 1 is 0.938 bits per heavy atom. The molecule has 16 heavy (non-hydrogen) atoms. The van der Waals surface area contributed by atoms with Crippen molar-refractivity contribution in [2.75, 3.05) is 0 Å². The van der Waals surface area contributed by atoms with E-state index in [9.17, 15) is 0 Å². The Morgan fingerprint density at radius 3 is 2.25 bits per heavy atom. The van der Waals surface area contributed by atoms with E-state index < -0.39 is 0 Å². The van der Waals surface area contributed by atoms with Gasteiger partial charge in [-0.05, 0) is 29.2 Å². The van der Waals surface area contributed by atoms with Crippen molar-refractivity contribution in [2.45, 2.75) is 19.8 Å². The lowest BCUT2D eigenvalue weighted by atomic mass is 9.97. The van der Waals surface area contributed by atoms with Crippen molar-refractivity contribution in [1.29, 1.82) is 0 Å². The number of hydrogen-bond acceptors (Lipinski definition) is 0. The van der Waals surface area contributed by atoms with Crippen molar-refractivity contribution in [3.8, 4) is 11.1 Å². The molecule has 0 unspecified atom stereocenters. The van der Waals surface area contributed by atoms with Crippen molar-refractivity contribution in [2.24, 2.45) is 0 Å². The van der Waals surface area contributed by atoms with Crippen molar-refractivity contribution < 1.29 is 0 Å². The Bertz CT molecular complexity index is 472. The summed E-state index contributed by atoms with van der Waals surface area (Å²) in [7, 11) is 0. The maximum Gasteiger partial charge on any atom is 0.0484 e. The highest BCUT2D eigenvalue weighted by Crippen LogP contribution is 2.30. The second-order valence-electron chi connectivity index (χ2n) is 4.26. The Kier molecular flexibility index (Phi) is 3.31. The van der Waals surface area contributed by atoms with Gasteiger partial charge in [0.25, 0.3) is 0 Å². The Hall–Kier alpha value is -1.27. The van der Waals surface area contributed by atoms with Crippen LogP contribution in [0, 0.1) is 0 Å². The van der Waals surface area contributed by atoms with Gasteiger partial charge in [-0.1, -0.05) is 61.8 Å². The fourth-order valence-electron chi connectivity index (χ4n) is 1.74. The Labute approximate surface area is 102 Å². The van der Waals surface area contributed by atoms with Gasteiger partial charge in [0.2, 0.25) is 0 Å². The summed E-state index contributed by atoms with van der Waals surface area (Å²) in [6.45, 7) is 4.38. The first-order chi connectivity index (χ1) is 7.68. The highest BCUT2D eigenvalue weighted by Gasteiger charge is 2.06. The van der Waals surface area contributed by atoms with E-state index in [-0.39, 0.29) is 0 Å². The molecule has 0 saturated heterocycles. The van der Waals surface area contributed by atoms with Gasteiger partial charge in [0.1, 0.15) is 0 Å². The summed E-state index contributed by atoms with van der Waals surface area (Å²) in [5.41, 5.74) is 3.62.